The fourth-order valence-corrected chi connectivity index (χ4v) is 9.76. The van der Waals surface area contributed by atoms with Crippen LogP contribution in [0.25, 0.3) is 72.0 Å². The van der Waals surface area contributed by atoms with Crippen molar-refractivity contribution in [1.29, 1.82) is 0 Å². The summed E-state index contributed by atoms with van der Waals surface area (Å²) in [6.45, 7) is 0. The predicted octanol–water partition coefficient (Wildman–Crippen LogP) is 18.4. The molecular formula is C66H47N3. The highest BCUT2D eigenvalue weighted by atomic mass is 15.2. The molecule has 0 unspecified atom stereocenters. The van der Waals surface area contributed by atoms with Crippen molar-refractivity contribution in [3.8, 4) is 50.2 Å². The topological polar surface area (TPSA) is 11.4 Å². The first-order chi connectivity index (χ1) is 34.2. The molecule has 11 aromatic carbocycles. The molecular weight excluding hydrogens is 835 g/mol. The van der Waals surface area contributed by atoms with Crippen molar-refractivity contribution in [2.45, 2.75) is 0 Å². The maximum atomic E-state index is 2.37. The third kappa shape index (κ3) is 8.13. The summed E-state index contributed by atoms with van der Waals surface area (Å²) in [4.78, 5) is 4.70. The van der Waals surface area contributed by atoms with Gasteiger partial charge >= 0.3 is 0 Å². The third-order valence-corrected chi connectivity index (χ3v) is 13.2. The smallest absolute Gasteiger partial charge is 0.0541 e. The summed E-state index contributed by atoms with van der Waals surface area (Å²) in [5, 5.41) is 2.49. The van der Waals surface area contributed by atoms with Crippen molar-refractivity contribution in [2.75, 3.05) is 9.80 Å². The fourth-order valence-electron chi connectivity index (χ4n) is 9.76. The highest BCUT2D eigenvalue weighted by molar-refractivity contribution is 6.10. The van der Waals surface area contributed by atoms with E-state index in [1.807, 2.05) is 0 Å². The van der Waals surface area contributed by atoms with Crippen molar-refractivity contribution in [3.05, 3.63) is 285 Å². The number of anilines is 6. The van der Waals surface area contributed by atoms with Gasteiger partial charge in [0.15, 0.2) is 0 Å². The molecule has 0 atom stereocenters. The average Bonchev–Trinajstić information content (AvgIpc) is 3.77. The molecule has 0 amide bonds. The van der Waals surface area contributed by atoms with Crippen molar-refractivity contribution >= 4 is 55.9 Å². The molecule has 69 heavy (non-hydrogen) atoms. The third-order valence-electron chi connectivity index (χ3n) is 13.2. The number of hydrogen-bond acceptors (Lipinski definition) is 2. The van der Waals surface area contributed by atoms with Gasteiger partial charge in [0.25, 0.3) is 0 Å². The van der Waals surface area contributed by atoms with Gasteiger partial charge in [0.1, 0.15) is 0 Å². The number of rotatable bonds is 11. The van der Waals surface area contributed by atoms with Crippen molar-refractivity contribution in [2.24, 2.45) is 0 Å². The van der Waals surface area contributed by atoms with E-state index in [2.05, 4.69) is 299 Å². The van der Waals surface area contributed by atoms with Gasteiger partial charge in [0.2, 0.25) is 0 Å². The molecule has 0 bridgehead atoms. The number of benzene rings is 11. The molecule has 12 aromatic rings. The Hall–Kier alpha value is -9.18. The number of para-hydroxylation sites is 2. The molecule has 0 aliphatic rings. The standard InChI is InChI=1S/C66H47N3/c1-5-15-48(16-6-1)51-25-34-57(35-26-51)67(58-36-27-52(28-37-58)49-17-7-2-8-18-49)61-42-44-62(45-43-61)68(59-38-29-53(30-39-59)50-19-9-3-10-20-50)60-40-31-54(32-41-60)55-33-46-66-64(47-55)63-23-13-14-24-65(63)69(66)56-21-11-4-12-22-56/h1-47H. The van der Waals surface area contributed by atoms with E-state index in [9.17, 15) is 0 Å². The van der Waals surface area contributed by atoms with Crippen molar-refractivity contribution in [3.63, 3.8) is 0 Å². The van der Waals surface area contributed by atoms with Gasteiger partial charge in [0, 0.05) is 50.6 Å². The SMILES string of the molecule is c1ccc(-c2ccc(N(c3ccc(-c4ccccc4)cc3)c3ccc(N(c4ccc(-c5ccccc5)cc4)c4ccc(-c5ccc6c(c5)c5ccccc5n6-c5ccccc5)cc4)cc3)cc2)cc1. The molecule has 3 nitrogen and oxygen atoms in total. The Labute approximate surface area is 403 Å². The van der Waals surface area contributed by atoms with Gasteiger partial charge in [-0.15, -0.1) is 0 Å². The number of fused-ring (bicyclic) bond motifs is 3. The summed E-state index contributed by atoms with van der Waals surface area (Å²) in [5.74, 6) is 0. The molecule has 0 spiro atoms. The zero-order valence-electron chi connectivity index (χ0n) is 38.0. The second-order valence-electron chi connectivity index (χ2n) is 17.4. The lowest BCUT2D eigenvalue weighted by molar-refractivity contribution is 1.18. The lowest BCUT2D eigenvalue weighted by atomic mass is 10.0. The molecule has 1 heterocycles. The van der Waals surface area contributed by atoms with Crippen LogP contribution in [0.3, 0.4) is 0 Å². The summed E-state index contributed by atoms with van der Waals surface area (Å²) < 4.78 is 2.37. The largest absolute Gasteiger partial charge is 0.311 e. The van der Waals surface area contributed by atoms with E-state index < -0.39 is 0 Å². The maximum absolute atomic E-state index is 2.37. The summed E-state index contributed by atoms with van der Waals surface area (Å²) in [6.07, 6.45) is 0. The van der Waals surface area contributed by atoms with Gasteiger partial charge in [-0.3, -0.25) is 0 Å². The Balaban J connectivity index is 0.919. The van der Waals surface area contributed by atoms with E-state index in [-0.39, 0.29) is 0 Å². The zero-order valence-corrected chi connectivity index (χ0v) is 38.0. The van der Waals surface area contributed by atoms with Gasteiger partial charge in [-0.05, 0) is 148 Å². The van der Waals surface area contributed by atoms with E-state index in [0.717, 1.165) is 39.8 Å². The maximum Gasteiger partial charge on any atom is 0.0541 e. The first-order valence-corrected chi connectivity index (χ1v) is 23.6. The first-order valence-electron chi connectivity index (χ1n) is 23.6. The van der Waals surface area contributed by atoms with E-state index in [4.69, 9.17) is 0 Å². The lowest BCUT2D eigenvalue weighted by Crippen LogP contribution is -2.12. The van der Waals surface area contributed by atoms with E-state index in [1.165, 1.54) is 66.3 Å². The van der Waals surface area contributed by atoms with Crippen LogP contribution in [0.5, 0.6) is 0 Å². The molecule has 0 saturated carbocycles. The minimum absolute atomic E-state index is 1.06. The van der Waals surface area contributed by atoms with Crippen molar-refractivity contribution in [1.82, 2.24) is 4.57 Å². The normalized spacial score (nSPS) is 11.2. The first kappa shape index (κ1) is 41.3. The predicted molar refractivity (Wildman–Crippen MR) is 292 cm³/mol. The van der Waals surface area contributed by atoms with Crippen LogP contribution in [0.2, 0.25) is 0 Å². The molecule has 0 saturated heterocycles. The summed E-state index contributed by atoms with van der Waals surface area (Å²) in [5.41, 5.74) is 19.5. The summed E-state index contributed by atoms with van der Waals surface area (Å²) >= 11 is 0. The number of hydrogen-bond donors (Lipinski definition) is 0. The average molecular weight is 882 g/mol. The molecule has 12 rings (SSSR count). The van der Waals surface area contributed by atoms with Gasteiger partial charge in [-0.25, -0.2) is 0 Å². The Morgan fingerprint density at radius 3 is 0.870 bits per heavy atom. The molecule has 0 N–H and O–H groups in total. The van der Waals surface area contributed by atoms with Gasteiger partial charge in [-0.1, -0.05) is 182 Å². The van der Waals surface area contributed by atoms with Crippen LogP contribution < -0.4 is 9.80 Å². The number of nitrogens with zero attached hydrogens (tertiary/aromatic N) is 3. The highest BCUT2D eigenvalue weighted by Gasteiger charge is 2.18. The molecule has 0 fully saturated rings. The van der Waals surface area contributed by atoms with Crippen LogP contribution in [0.15, 0.2) is 285 Å². The van der Waals surface area contributed by atoms with Crippen LogP contribution in [-0.2, 0) is 0 Å². The Bertz CT molecular complexity index is 3560. The van der Waals surface area contributed by atoms with Crippen LogP contribution >= 0.6 is 0 Å². The minimum atomic E-state index is 1.06. The Morgan fingerprint density at radius 1 is 0.203 bits per heavy atom. The van der Waals surface area contributed by atoms with E-state index in [1.54, 1.807) is 0 Å². The Kier molecular flexibility index (Phi) is 10.9. The highest BCUT2D eigenvalue weighted by Crippen LogP contribution is 2.42. The van der Waals surface area contributed by atoms with Crippen LogP contribution in [0, 0.1) is 0 Å². The van der Waals surface area contributed by atoms with E-state index >= 15 is 0 Å². The quantitative estimate of drug-likeness (QED) is 0.128. The van der Waals surface area contributed by atoms with Gasteiger partial charge in [0.05, 0.1) is 11.0 Å². The molecule has 326 valence electrons. The van der Waals surface area contributed by atoms with Gasteiger partial charge in [-0.2, -0.15) is 0 Å². The fraction of sp³-hybridized carbons (Fsp3) is 0. The number of aromatic nitrogens is 1. The summed E-state index contributed by atoms with van der Waals surface area (Å²) in [7, 11) is 0. The molecule has 0 aliphatic heterocycles. The van der Waals surface area contributed by atoms with Crippen molar-refractivity contribution < 1.29 is 0 Å². The molecule has 3 heteroatoms. The Morgan fingerprint density at radius 2 is 0.478 bits per heavy atom. The van der Waals surface area contributed by atoms with Crippen LogP contribution in [0.1, 0.15) is 0 Å². The van der Waals surface area contributed by atoms with E-state index in [0.29, 0.717) is 0 Å². The van der Waals surface area contributed by atoms with Gasteiger partial charge < -0.3 is 14.4 Å². The second kappa shape index (κ2) is 18.2. The molecule has 0 radical (unpaired) electrons. The molecule has 0 aliphatic carbocycles. The second-order valence-corrected chi connectivity index (χ2v) is 17.4. The molecule has 1 aromatic heterocycles. The van der Waals surface area contributed by atoms with Crippen LogP contribution in [-0.4, -0.2) is 4.57 Å². The zero-order chi connectivity index (χ0) is 45.9. The van der Waals surface area contributed by atoms with Crippen LogP contribution in [0.4, 0.5) is 34.1 Å². The minimum Gasteiger partial charge on any atom is -0.311 e. The lowest BCUT2D eigenvalue weighted by Gasteiger charge is -2.29. The monoisotopic (exact) mass is 881 g/mol. The summed E-state index contributed by atoms with van der Waals surface area (Å²) in [6, 6.07) is 103.